The second kappa shape index (κ2) is 8.49. The highest BCUT2D eigenvalue weighted by Crippen LogP contribution is 2.30. The second-order valence-electron chi connectivity index (χ2n) is 7.83. The highest BCUT2D eigenvalue weighted by atomic mass is 32.2. The molecule has 2 aromatic rings. The van der Waals surface area contributed by atoms with Gasteiger partial charge in [0.15, 0.2) is 0 Å². The fourth-order valence-electron chi connectivity index (χ4n) is 3.94. The van der Waals surface area contributed by atoms with E-state index in [-0.39, 0.29) is 23.5 Å². The largest absolute Gasteiger partial charge is 0.340 e. The number of para-hydroxylation sites is 1. The summed E-state index contributed by atoms with van der Waals surface area (Å²) in [5.74, 6) is 5.96. The summed E-state index contributed by atoms with van der Waals surface area (Å²) in [6.07, 6.45) is 6.39. The smallest absolute Gasteiger partial charge is 0.288 e. The molecule has 0 bridgehead atoms. The van der Waals surface area contributed by atoms with Crippen molar-refractivity contribution in [3.05, 3.63) is 42.1 Å². The summed E-state index contributed by atoms with van der Waals surface area (Å²) in [4.78, 5) is 42.1. The van der Waals surface area contributed by atoms with Crippen LogP contribution in [0, 0.1) is 11.8 Å². The van der Waals surface area contributed by atoms with E-state index in [0.29, 0.717) is 0 Å². The molecule has 0 unspecified atom stereocenters. The van der Waals surface area contributed by atoms with Crippen LogP contribution in [-0.4, -0.2) is 44.8 Å². The molecule has 1 aromatic carbocycles. The molecule has 1 aliphatic heterocycles. The predicted octanol–water partition coefficient (Wildman–Crippen LogP) is 3.49. The third-order valence-electron chi connectivity index (χ3n) is 5.62. The summed E-state index contributed by atoms with van der Waals surface area (Å²) in [5.41, 5.74) is 1.12. The number of carbonyl (C=O) groups is 3. The number of nitrogens with zero attached hydrogens (tertiary/aromatic N) is 2. The second-order valence-corrected chi connectivity index (χ2v) is 8.99. The molecule has 1 aliphatic carbocycles. The topological polar surface area (TPSA) is 79.4 Å². The zero-order chi connectivity index (χ0) is 21.1. The van der Waals surface area contributed by atoms with E-state index >= 15 is 0 Å². The third kappa shape index (κ3) is 4.34. The van der Waals surface area contributed by atoms with Crippen molar-refractivity contribution in [2.45, 2.75) is 49.3 Å². The molecule has 4 rings (SSSR count). The summed E-state index contributed by atoms with van der Waals surface area (Å²) in [6.45, 7) is 0. The van der Waals surface area contributed by atoms with Crippen molar-refractivity contribution in [1.82, 2.24) is 15.2 Å². The number of aromatic nitrogens is 1. The molecule has 6 nitrogen and oxygen atoms in total. The van der Waals surface area contributed by atoms with Gasteiger partial charge in [-0.3, -0.25) is 24.3 Å². The number of thioether (sulfide) groups is 1. The van der Waals surface area contributed by atoms with Crippen LogP contribution in [0.4, 0.5) is 4.79 Å². The van der Waals surface area contributed by atoms with Gasteiger partial charge in [-0.1, -0.05) is 61.1 Å². The molecule has 1 N–H and O–H groups in total. The molecule has 0 radical (unpaired) electrons. The van der Waals surface area contributed by atoms with E-state index in [2.05, 4.69) is 22.1 Å². The predicted molar refractivity (Wildman–Crippen MR) is 117 cm³/mol. The Kier molecular flexibility index (Phi) is 5.78. The van der Waals surface area contributed by atoms with Crippen LogP contribution in [0.5, 0.6) is 0 Å². The minimum atomic E-state index is -0.652. The van der Waals surface area contributed by atoms with Crippen LogP contribution in [0.15, 0.2) is 36.5 Å². The fraction of sp³-hybridized carbons (Fsp3) is 0.391. The quantitative estimate of drug-likeness (QED) is 0.768. The molecule has 2 aliphatic rings. The van der Waals surface area contributed by atoms with E-state index in [4.69, 9.17) is 0 Å². The van der Waals surface area contributed by atoms with Crippen LogP contribution in [-0.2, 0) is 9.59 Å². The fourth-order valence-corrected chi connectivity index (χ4v) is 4.93. The molecule has 7 heteroatoms. The molecule has 0 spiro atoms. The number of pyridine rings is 1. The number of rotatable bonds is 3. The maximum atomic E-state index is 12.7. The van der Waals surface area contributed by atoms with Gasteiger partial charge in [-0.15, -0.1) is 0 Å². The Morgan fingerprint density at radius 2 is 2.03 bits per heavy atom. The van der Waals surface area contributed by atoms with Crippen LogP contribution in [0.2, 0.25) is 0 Å². The summed E-state index contributed by atoms with van der Waals surface area (Å²) >= 11 is 0.915. The molecule has 1 saturated carbocycles. The first-order valence-corrected chi connectivity index (χ1v) is 11.0. The highest BCUT2D eigenvalue weighted by Gasteiger charge is 2.40. The number of amides is 3. The van der Waals surface area contributed by atoms with Crippen LogP contribution in [0.1, 0.15) is 44.1 Å². The third-order valence-corrected chi connectivity index (χ3v) is 6.74. The minimum absolute atomic E-state index is 0.0134. The maximum absolute atomic E-state index is 12.7. The van der Waals surface area contributed by atoms with Crippen LogP contribution >= 0.6 is 11.8 Å². The van der Waals surface area contributed by atoms with E-state index in [1.165, 1.54) is 7.05 Å². The van der Waals surface area contributed by atoms with Crippen molar-refractivity contribution in [3.8, 4) is 11.8 Å². The van der Waals surface area contributed by atoms with Crippen molar-refractivity contribution in [2.75, 3.05) is 7.05 Å². The Morgan fingerprint density at radius 1 is 1.27 bits per heavy atom. The molecule has 1 atom stereocenters. The van der Waals surface area contributed by atoms with Crippen molar-refractivity contribution >= 4 is 39.7 Å². The van der Waals surface area contributed by atoms with Gasteiger partial charge >= 0.3 is 0 Å². The van der Waals surface area contributed by atoms with Gasteiger partial charge in [0.25, 0.3) is 5.24 Å². The summed E-state index contributed by atoms with van der Waals surface area (Å²) < 4.78 is 0. The molecular formula is C23H23N3O3S. The lowest BCUT2D eigenvalue weighted by Gasteiger charge is -2.33. The molecule has 2 heterocycles. The number of hydrogen-bond acceptors (Lipinski definition) is 5. The van der Waals surface area contributed by atoms with Crippen LogP contribution in [0.3, 0.4) is 0 Å². The lowest BCUT2D eigenvalue weighted by atomic mass is 9.81. The Balaban J connectivity index is 1.51. The van der Waals surface area contributed by atoms with Crippen LogP contribution in [0.25, 0.3) is 10.9 Å². The van der Waals surface area contributed by atoms with Gasteiger partial charge in [-0.25, -0.2) is 0 Å². The van der Waals surface area contributed by atoms with Gasteiger partial charge in [-0.2, -0.15) is 0 Å². The van der Waals surface area contributed by atoms with Gasteiger partial charge in [-0.05, 0) is 25.0 Å². The van der Waals surface area contributed by atoms with Gasteiger partial charge < -0.3 is 5.32 Å². The molecule has 3 amide bonds. The highest BCUT2D eigenvalue weighted by molar-refractivity contribution is 8.15. The zero-order valence-electron chi connectivity index (χ0n) is 16.8. The minimum Gasteiger partial charge on any atom is -0.340 e. The van der Waals surface area contributed by atoms with Crippen molar-refractivity contribution in [3.63, 3.8) is 0 Å². The number of imide groups is 1. The monoisotopic (exact) mass is 421 g/mol. The van der Waals surface area contributed by atoms with Crippen molar-refractivity contribution in [1.29, 1.82) is 0 Å². The van der Waals surface area contributed by atoms with Crippen molar-refractivity contribution < 1.29 is 14.4 Å². The molecule has 30 heavy (non-hydrogen) atoms. The Labute approximate surface area is 179 Å². The summed E-state index contributed by atoms with van der Waals surface area (Å²) in [7, 11) is 1.45. The lowest BCUT2D eigenvalue weighted by Crippen LogP contribution is -2.49. The molecule has 154 valence electrons. The van der Waals surface area contributed by atoms with Gasteiger partial charge in [0.05, 0.1) is 5.52 Å². The number of benzene rings is 1. The van der Waals surface area contributed by atoms with Crippen LogP contribution < -0.4 is 5.32 Å². The van der Waals surface area contributed by atoms with E-state index in [0.717, 1.165) is 65.2 Å². The summed E-state index contributed by atoms with van der Waals surface area (Å²) in [5, 5.41) is 3.15. The molecule has 2 fully saturated rings. The van der Waals surface area contributed by atoms with Gasteiger partial charge in [0, 0.05) is 30.6 Å². The lowest BCUT2D eigenvalue weighted by molar-refractivity contribution is -0.129. The summed E-state index contributed by atoms with van der Waals surface area (Å²) in [6, 6.07) is 9.88. The van der Waals surface area contributed by atoms with E-state index in [1.807, 2.05) is 30.3 Å². The number of nitrogens with one attached hydrogen (secondary N) is 1. The van der Waals surface area contributed by atoms with E-state index in [9.17, 15) is 14.4 Å². The van der Waals surface area contributed by atoms with Gasteiger partial charge in [0.1, 0.15) is 10.8 Å². The molecule has 1 saturated heterocycles. The number of fused-ring (bicyclic) bond motifs is 1. The number of carbonyl (C=O) groups excluding carboxylic acids is 3. The first-order chi connectivity index (χ1) is 14.5. The van der Waals surface area contributed by atoms with E-state index in [1.54, 1.807) is 6.20 Å². The zero-order valence-corrected chi connectivity index (χ0v) is 17.6. The molecule has 1 aromatic heterocycles. The normalized spacial score (nSPS) is 20.7. The maximum Gasteiger partial charge on any atom is 0.288 e. The molecular weight excluding hydrogens is 398 g/mol. The Bertz CT molecular complexity index is 1070. The number of hydrogen-bond donors (Lipinski definition) is 1. The Morgan fingerprint density at radius 3 is 2.77 bits per heavy atom. The average Bonchev–Trinajstić information content (AvgIpc) is 2.99. The van der Waals surface area contributed by atoms with E-state index < -0.39 is 10.8 Å². The first kappa shape index (κ1) is 20.4. The average molecular weight is 422 g/mol. The van der Waals surface area contributed by atoms with Gasteiger partial charge in [0.2, 0.25) is 11.8 Å². The SMILES string of the molecule is CN1C(=O)S[C@@H](CC(=O)NC2(C#Cc3cnc4ccccc4c3)CCCCC2)C1=O. The standard InChI is InChI=1S/C23H23N3O3S/c1-26-21(28)19(30-22(26)29)14-20(27)25-23(10-5-2-6-11-23)12-9-16-13-17-7-3-4-8-18(17)24-15-16/h3-4,7-8,13,15,19H,2,5-6,10-11,14H2,1H3,(H,25,27)/t19-/m0/s1. The van der Waals surface area contributed by atoms with Crippen molar-refractivity contribution in [2.24, 2.45) is 0 Å². The first-order valence-electron chi connectivity index (χ1n) is 10.1. The Hall–Kier alpha value is -2.85.